The Balaban J connectivity index is 1.64. The highest BCUT2D eigenvalue weighted by atomic mass is 32.1. The fourth-order valence-corrected chi connectivity index (χ4v) is 4.73. The van der Waals surface area contributed by atoms with Crippen LogP contribution < -0.4 is 0 Å². The average molecular weight is 293 g/mol. The second kappa shape index (κ2) is 5.86. The third kappa shape index (κ3) is 2.63. The first kappa shape index (κ1) is 14.1. The van der Waals surface area contributed by atoms with Crippen LogP contribution in [0.25, 0.3) is 0 Å². The number of hydrogen-bond acceptors (Lipinski definition) is 3. The fraction of sp³-hybridized carbons (Fsp3) is 0.688. The molecule has 0 saturated heterocycles. The van der Waals surface area contributed by atoms with Crippen molar-refractivity contribution in [1.82, 2.24) is 4.90 Å². The number of carbonyl (C=O) groups excluding carboxylic acids is 1. The lowest BCUT2D eigenvalue weighted by atomic mass is 9.86. The maximum atomic E-state index is 12.6. The molecule has 110 valence electrons. The van der Waals surface area contributed by atoms with Crippen LogP contribution in [0.2, 0.25) is 0 Å². The molecule has 3 nitrogen and oxygen atoms in total. The van der Waals surface area contributed by atoms with E-state index in [2.05, 4.69) is 6.07 Å². The topological polar surface area (TPSA) is 40.5 Å². The Morgan fingerprint density at radius 3 is 2.75 bits per heavy atom. The Morgan fingerprint density at radius 1 is 1.35 bits per heavy atom. The van der Waals surface area contributed by atoms with Gasteiger partial charge in [0.2, 0.25) is 0 Å². The molecule has 0 radical (unpaired) electrons. The Hall–Kier alpha value is -0.870. The van der Waals surface area contributed by atoms with Gasteiger partial charge in [-0.25, -0.2) is 0 Å². The van der Waals surface area contributed by atoms with Gasteiger partial charge in [-0.05, 0) is 62.5 Å². The van der Waals surface area contributed by atoms with Crippen molar-refractivity contribution in [3.63, 3.8) is 0 Å². The lowest BCUT2D eigenvalue weighted by Crippen LogP contribution is -2.39. The van der Waals surface area contributed by atoms with E-state index in [0.29, 0.717) is 18.6 Å². The molecule has 1 aromatic heterocycles. The summed E-state index contributed by atoms with van der Waals surface area (Å²) in [5, 5.41) is 9.19. The van der Waals surface area contributed by atoms with Crippen LogP contribution in [0.15, 0.2) is 6.07 Å². The normalized spacial score (nSPS) is 25.5. The molecule has 0 bridgehead atoms. The molecule has 20 heavy (non-hydrogen) atoms. The first-order valence-corrected chi connectivity index (χ1v) is 8.50. The zero-order chi connectivity index (χ0) is 14.1. The number of amides is 1. The lowest BCUT2D eigenvalue weighted by molar-refractivity contribution is 0.0657. The van der Waals surface area contributed by atoms with E-state index < -0.39 is 0 Å². The van der Waals surface area contributed by atoms with Crippen LogP contribution in [0.4, 0.5) is 0 Å². The third-order valence-corrected chi connectivity index (χ3v) is 6.13. The molecule has 0 unspecified atom stereocenters. The van der Waals surface area contributed by atoms with E-state index in [4.69, 9.17) is 0 Å². The zero-order valence-electron chi connectivity index (χ0n) is 12.1. The van der Waals surface area contributed by atoms with E-state index in [0.717, 1.165) is 43.4 Å². The maximum absolute atomic E-state index is 12.6. The van der Waals surface area contributed by atoms with Crippen LogP contribution in [0.3, 0.4) is 0 Å². The fourth-order valence-electron chi connectivity index (χ4n) is 3.49. The van der Waals surface area contributed by atoms with E-state index in [1.807, 2.05) is 11.9 Å². The van der Waals surface area contributed by atoms with Crippen molar-refractivity contribution in [2.75, 3.05) is 13.7 Å². The van der Waals surface area contributed by atoms with Gasteiger partial charge >= 0.3 is 0 Å². The molecule has 1 aromatic rings. The number of hydrogen-bond donors (Lipinski definition) is 1. The summed E-state index contributed by atoms with van der Waals surface area (Å²) in [6.07, 6.45) is 7.68. The highest BCUT2D eigenvalue weighted by molar-refractivity contribution is 7.14. The van der Waals surface area contributed by atoms with Crippen LogP contribution in [0, 0.1) is 5.92 Å². The molecule has 2 aliphatic rings. The molecule has 1 N–H and O–H groups in total. The van der Waals surface area contributed by atoms with E-state index in [1.165, 1.54) is 16.9 Å². The number of nitrogens with zero attached hydrogens (tertiary/aromatic N) is 1. The molecular formula is C16H23NO2S. The highest BCUT2D eigenvalue weighted by Gasteiger charge is 2.28. The van der Waals surface area contributed by atoms with Crippen molar-refractivity contribution in [1.29, 1.82) is 0 Å². The van der Waals surface area contributed by atoms with Crippen LogP contribution in [-0.4, -0.2) is 35.6 Å². The van der Waals surface area contributed by atoms with Crippen LogP contribution in [0.1, 0.15) is 52.2 Å². The van der Waals surface area contributed by atoms with Gasteiger partial charge in [0, 0.05) is 24.6 Å². The summed E-state index contributed by atoms with van der Waals surface area (Å²) in [4.78, 5) is 16.9. The maximum Gasteiger partial charge on any atom is 0.263 e. The van der Waals surface area contributed by atoms with Gasteiger partial charge in [-0.1, -0.05) is 0 Å². The van der Waals surface area contributed by atoms with E-state index >= 15 is 0 Å². The SMILES string of the molecule is CN(C(=O)c1cc2c(s1)CCC2)C1CCC(CO)CC1. The molecule has 0 aromatic carbocycles. The largest absolute Gasteiger partial charge is 0.396 e. The van der Waals surface area contributed by atoms with E-state index in [9.17, 15) is 9.90 Å². The first-order chi connectivity index (χ1) is 9.69. The Labute approximate surface area is 124 Å². The van der Waals surface area contributed by atoms with Crippen molar-refractivity contribution >= 4 is 17.2 Å². The summed E-state index contributed by atoms with van der Waals surface area (Å²) in [6.45, 7) is 0.294. The van der Waals surface area contributed by atoms with Crippen molar-refractivity contribution in [2.45, 2.75) is 51.0 Å². The predicted octanol–water partition coefficient (Wildman–Crippen LogP) is 2.86. The molecule has 1 heterocycles. The van der Waals surface area contributed by atoms with Gasteiger partial charge in [0.25, 0.3) is 5.91 Å². The molecule has 1 fully saturated rings. The summed E-state index contributed by atoms with van der Waals surface area (Å²) in [5.74, 6) is 0.636. The van der Waals surface area contributed by atoms with Crippen molar-refractivity contribution < 1.29 is 9.90 Å². The van der Waals surface area contributed by atoms with Gasteiger partial charge in [0.1, 0.15) is 0 Å². The van der Waals surface area contributed by atoms with E-state index in [-0.39, 0.29) is 5.91 Å². The number of thiophene rings is 1. The summed E-state index contributed by atoms with van der Waals surface area (Å²) >= 11 is 1.70. The standard InChI is InChI=1S/C16H23NO2S/c1-17(13-7-5-11(10-18)6-8-13)16(19)15-9-12-3-2-4-14(12)20-15/h9,11,13,18H,2-8,10H2,1H3. The molecule has 1 saturated carbocycles. The molecule has 2 aliphatic carbocycles. The molecule has 3 rings (SSSR count). The zero-order valence-corrected chi connectivity index (χ0v) is 12.9. The van der Waals surface area contributed by atoms with Crippen LogP contribution in [-0.2, 0) is 12.8 Å². The first-order valence-electron chi connectivity index (χ1n) is 7.68. The number of rotatable bonds is 3. The molecule has 0 spiro atoms. The Bertz CT molecular complexity index is 467. The van der Waals surface area contributed by atoms with Gasteiger partial charge in [0.05, 0.1) is 4.88 Å². The van der Waals surface area contributed by atoms with Gasteiger partial charge in [-0.3, -0.25) is 4.79 Å². The van der Waals surface area contributed by atoms with Crippen molar-refractivity contribution in [3.05, 3.63) is 21.4 Å². The minimum absolute atomic E-state index is 0.192. The number of aliphatic hydroxyl groups is 1. The predicted molar refractivity (Wildman–Crippen MR) is 81.3 cm³/mol. The van der Waals surface area contributed by atoms with E-state index in [1.54, 1.807) is 11.3 Å². The van der Waals surface area contributed by atoms with Crippen molar-refractivity contribution in [3.8, 4) is 0 Å². The molecule has 0 atom stereocenters. The van der Waals surface area contributed by atoms with Crippen LogP contribution >= 0.6 is 11.3 Å². The van der Waals surface area contributed by atoms with Crippen molar-refractivity contribution in [2.24, 2.45) is 5.92 Å². The average Bonchev–Trinajstić information content (AvgIpc) is 3.07. The second-order valence-electron chi connectivity index (χ2n) is 6.19. The summed E-state index contributed by atoms with van der Waals surface area (Å²) < 4.78 is 0. The summed E-state index contributed by atoms with van der Waals surface area (Å²) in [6, 6.07) is 2.47. The van der Waals surface area contributed by atoms with Gasteiger partial charge in [-0.15, -0.1) is 11.3 Å². The molecular weight excluding hydrogens is 270 g/mol. The summed E-state index contributed by atoms with van der Waals surface area (Å²) in [7, 11) is 1.94. The quantitative estimate of drug-likeness (QED) is 0.931. The lowest BCUT2D eigenvalue weighted by Gasteiger charge is -2.34. The minimum Gasteiger partial charge on any atom is -0.396 e. The smallest absolute Gasteiger partial charge is 0.263 e. The van der Waals surface area contributed by atoms with Gasteiger partial charge in [-0.2, -0.15) is 0 Å². The van der Waals surface area contributed by atoms with Crippen LogP contribution in [0.5, 0.6) is 0 Å². The molecule has 4 heteroatoms. The second-order valence-corrected chi connectivity index (χ2v) is 7.32. The number of aryl methyl sites for hydroxylation is 2. The number of aliphatic hydroxyl groups excluding tert-OH is 1. The van der Waals surface area contributed by atoms with Gasteiger partial charge in [0.15, 0.2) is 0 Å². The molecule has 1 amide bonds. The Morgan fingerprint density at radius 2 is 2.10 bits per heavy atom. The number of carbonyl (C=O) groups is 1. The minimum atomic E-state index is 0.192. The molecule has 0 aliphatic heterocycles. The summed E-state index contributed by atoms with van der Waals surface area (Å²) in [5.41, 5.74) is 1.40. The van der Waals surface area contributed by atoms with Gasteiger partial charge < -0.3 is 10.0 Å². The highest BCUT2D eigenvalue weighted by Crippen LogP contribution is 2.33. The number of fused-ring (bicyclic) bond motifs is 1. The Kier molecular flexibility index (Phi) is 4.13. The monoisotopic (exact) mass is 293 g/mol. The third-order valence-electron chi connectivity index (χ3n) is 4.90.